The number of hydrogen-bond donors (Lipinski definition) is 1. The molecule has 1 fully saturated rings. The molecule has 118 valence electrons. The van der Waals surface area contributed by atoms with Crippen molar-refractivity contribution >= 4 is 10.0 Å². The number of aliphatic hydroxyl groups excluding tert-OH is 1. The van der Waals surface area contributed by atoms with Gasteiger partial charge in [0, 0.05) is 32.3 Å². The molecule has 5 nitrogen and oxygen atoms in total. The number of likely N-dealkylation sites (N-methyl/N-ethyl adjacent to an activating group) is 1. The molecule has 0 radical (unpaired) electrons. The molecule has 0 saturated carbocycles. The summed E-state index contributed by atoms with van der Waals surface area (Å²) in [6, 6.07) is 5.59. The molecule has 0 spiro atoms. The Balaban J connectivity index is 2.29. The van der Waals surface area contributed by atoms with Gasteiger partial charge in [-0.1, -0.05) is 12.1 Å². The first-order valence-corrected chi connectivity index (χ1v) is 8.68. The van der Waals surface area contributed by atoms with E-state index in [9.17, 15) is 8.42 Å². The number of piperazine rings is 1. The number of aliphatic hydroxyl groups is 1. The minimum absolute atomic E-state index is 0.0728. The summed E-state index contributed by atoms with van der Waals surface area (Å²) in [5.74, 6) is 0. The van der Waals surface area contributed by atoms with Gasteiger partial charge in [-0.3, -0.25) is 0 Å². The largest absolute Gasteiger partial charge is 0.396 e. The predicted octanol–water partition coefficient (Wildman–Crippen LogP) is 0.991. The molecule has 1 atom stereocenters. The Bertz CT molecular complexity index is 601. The molecule has 0 aliphatic carbocycles. The summed E-state index contributed by atoms with van der Waals surface area (Å²) >= 11 is 0. The molecule has 1 N–H and O–H groups in total. The summed E-state index contributed by atoms with van der Waals surface area (Å²) in [5, 5.41) is 9.13. The van der Waals surface area contributed by atoms with Crippen molar-refractivity contribution in [2.24, 2.45) is 0 Å². The number of nitrogens with zero attached hydrogens (tertiary/aromatic N) is 2. The second kappa shape index (κ2) is 6.44. The van der Waals surface area contributed by atoms with E-state index in [0.717, 1.165) is 11.1 Å². The highest BCUT2D eigenvalue weighted by Gasteiger charge is 2.33. The molecule has 1 saturated heterocycles. The smallest absolute Gasteiger partial charge is 0.243 e. The van der Waals surface area contributed by atoms with Crippen LogP contribution in [0.25, 0.3) is 0 Å². The van der Waals surface area contributed by atoms with Gasteiger partial charge in [-0.2, -0.15) is 4.31 Å². The van der Waals surface area contributed by atoms with Crippen LogP contribution in [0.1, 0.15) is 17.5 Å². The molecular weight excluding hydrogens is 288 g/mol. The van der Waals surface area contributed by atoms with Gasteiger partial charge in [-0.25, -0.2) is 8.42 Å². The Morgan fingerprint density at radius 2 is 2.00 bits per heavy atom. The van der Waals surface area contributed by atoms with E-state index in [-0.39, 0.29) is 12.6 Å². The van der Waals surface area contributed by atoms with Crippen molar-refractivity contribution in [3.05, 3.63) is 29.3 Å². The van der Waals surface area contributed by atoms with Gasteiger partial charge in [0.25, 0.3) is 0 Å². The van der Waals surface area contributed by atoms with Crippen LogP contribution in [0.4, 0.5) is 0 Å². The quantitative estimate of drug-likeness (QED) is 0.901. The SMILES string of the molecule is Cc1ccc(C)c(S(=O)(=O)N2CCN(C)C(CCO)C2)c1. The van der Waals surface area contributed by atoms with Crippen LogP contribution in [-0.4, -0.2) is 62.1 Å². The molecule has 0 aromatic heterocycles. The lowest BCUT2D eigenvalue weighted by molar-refractivity contribution is 0.120. The maximum atomic E-state index is 12.9. The first kappa shape index (κ1) is 16.4. The van der Waals surface area contributed by atoms with Gasteiger partial charge in [0.1, 0.15) is 0 Å². The minimum atomic E-state index is -3.46. The predicted molar refractivity (Wildman–Crippen MR) is 82.8 cm³/mol. The van der Waals surface area contributed by atoms with Crippen molar-refractivity contribution in [2.75, 3.05) is 33.3 Å². The average Bonchev–Trinajstić information content (AvgIpc) is 2.44. The average molecular weight is 312 g/mol. The molecule has 0 bridgehead atoms. The summed E-state index contributed by atoms with van der Waals surface area (Å²) in [5.41, 5.74) is 1.72. The van der Waals surface area contributed by atoms with E-state index in [1.807, 2.05) is 33.0 Å². The molecule has 1 aromatic carbocycles. The Labute approximate surface area is 127 Å². The highest BCUT2D eigenvalue weighted by atomic mass is 32.2. The van der Waals surface area contributed by atoms with Gasteiger partial charge in [0.2, 0.25) is 10.0 Å². The molecule has 2 rings (SSSR count). The third kappa shape index (κ3) is 3.45. The molecule has 1 aromatic rings. The molecule has 1 heterocycles. The van der Waals surface area contributed by atoms with Crippen molar-refractivity contribution < 1.29 is 13.5 Å². The van der Waals surface area contributed by atoms with Crippen LogP contribution in [0.15, 0.2) is 23.1 Å². The van der Waals surface area contributed by atoms with Crippen LogP contribution in [0.2, 0.25) is 0 Å². The van der Waals surface area contributed by atoms with Gasteiger partial charge in [0.15, 0.2) is 0 Å². The Morgan fingerprint density at radius 3 is 2.67 bits per heavy atom. The zero-order valence-corrected chi connectivity index (χ0v) is 13.7. The number of hydrogen-bond acceptors (Lipinski definition) is 4. The van der Waals surface area contributed by atoms with Crippen molar-refractivity contribution in [1.29, 1.82) is 0 Å². The first-order valence-electron chi connectivity index (χ1n) is 7.24. The summed E-state index contributed by atoms with van der Waals surface area (Å²) in [6.07, 6.45) is 0.593. The van der Waals surface area contributed by atoms with E-state index in [2.05, 4.69) is 4.90 Å². The number of benzene rings is 1. The molecule has 0 amide bonds. The van der Waals surface area contributed by atoms with Crippen molar-refractivity contribution in [3.8, 4) is 0 Å². The van der Waals surface area contributed by atoms with E-state index < -0.39 is 10.0 Å². The van der Waals surface area contributed by atoms with E-state index in [4.69, 9.17) is 5.11 Å². The second-order valence-corrected chi connectivity index (χ2v) is 7.69. The van der Waals surface area contributed by atoms with Gasteiger partial charge in [-0.15, -0.1) is 0 Å². The maximum Gasteiger partial charge on any atom is 0.243 e. The lowest BCUT2D eigenvalue weighted by Crippen LogP contribution is -2.53. The third-order valence-corrected chi connectivity index (χ3v) is 6.17. The van der Waals surface area contributed by atoms with Gasteiger partial charge < -0.3 is 10.0 Å². The van der Waals surface area contributed by atoms with Gasteiger partial charge in [-0.05, 0) is 44.5 Å². The van der Waals surface area contributed by atoms with Crippen molar-refractivity contribution in [2.45, 2.75) is 31.2 Å². The van der Waals surface area contributed by atoms with Crippen molar-refractivity contribution in [3.63, 3.8) is 0 Å². The summed E-state index contributed by atoms with van der Waals surface area (Å²) < 4.78 is 27.3. The lowest BCUT2D eigenvalue weighted by atomic mass is 10.1. The maximum absolute atomic E-state index is 12.9. The minimum Gasteiger partial charge on any atom is -0.396 e. The molecule has 21 heavy (non-hydrogen) atoms. The zero-order valence-electron chi connectivity index (χ0n) is 12.9. The molecule has 1 unspecified atom stereocenters. The summed E-state index contributed by atoms with van der Waals surface area (Å²) in [7, 11) is -1.49. The second-order valence-electron chi connectivity index (χ2n) is 5.78. The van der Waals surface area contributed by atoms with E-state index >= 15 is 0 Å². The Kier molecular flexibility index (Phi) is 5.03. The fraction of sp³-hybridized carbons (Fsp3) is 0.600. The first-order chi connectivity index (χ1) is 9.86. The van der Waals surface area contributed by atoms with E-state index in [1.165, 1.54) is 0 Å². The third-order valence-electron chi connectivity index (χ3n) is 4.16. The monoisotopic (exact) mass is 312 g/mol. The van der Waals surface area contributed by atoms with Gasteiger partial charge in [0.05, 0.1) is 4.90 Å². The highest BCUT2D eigenvalue weighted by Crippen LogP contribution is 2.24. The van der Waals surface area contributed by atoms with Crippen molar-refractivity contribution in [1.82, 2.24) is 9.21 Å². The highest BCUT2D eigenvalue weighted by molar-refractivity contribution is 7.89. The molecule has 6 heteroatoms. The van der Waals surface area contributed by atoms with Crippen LogP contribution in [0.3, 0.4) is 0 Å². The van der Waals surface area contributed by atoms with Crippen LogP contribution in [0.5, 0.6) is 0 Å². The zero-order chi connectivity index (χ0) is 15.6. The number of aryl methyl sites for hydroxylation is 2. The number of sulfonamides is 1. The van der Waals surface area contributed by atoms with Crippen LogP contribution in [-0.2, 0) is 10.0 Å². The lowest BCUT2D eigenvalue weighted by Gasteiger charge is -2.38. The normalized spacial score (nSPS) is 21.6. The van der Waals surface area contributed by atoms with Gasteiger partial charge >= 0.3 is 0 Å². The molecule has 1 aliphatic heterocycles. The van der Waals surface area contributed by atoms with E-state index in [0.29, 0.717) is 31.0 Å². The number of rotatable bonds is 4. The summed E-state index contributed by atoms with van der Waals surface area (Å²) in [4.78, 5) is 2.51. The standard InChI is InChI=1S/C15H24N2O3S/c1-12-4-5-13(2)15(10-12)21(19,20)17-8-7-16(3)14(11-17)6-9-18/h4-5,10,14,18H,6-9,11H2,1-3H3. The van der Waals surface area contributed by atoms with E-state index in [1.54, 1.807) is 10.4 Å². The van der Waals surface area contributed by atoms with Crippen LogP contribution < -0.4 is 0 Å². The Hall–Kier alpha value is -0.950. The van der Waals surface area contributed by atoms with Crippen LogP contribution in [0, 0.1) is 13.8 Å². The molecular formula is C15H24N2O3S. The Morgan fingerprint density at radius 1 is 1.29 bits per heavy atom. The topological polar surface area (TPSA) is 60.9 Å². The fourth-order valence-electron chi connectivity index (χ4n) is 2.72. The fourth-order valence-corrected chi connectivity index (χ4v) is 4.50. The summed E-state index contributed by atoms with van der Waals surface area (Å²) in [6.45, 7) is 5.42. The van der Waals surface area contributed by atoms with Crippen LogP contribution >= 0.6 is 0 Å². The molecule has 1 aliphatic rings.